The molecule has 1 atom stereocenters. The van der Waals surface area contributed by atoms with Crippen LogP contribution < -0.4 is 10.1 Å². The van der Waals surface area contributed by atoms with E-state index in [-0.39, 0.29) is 17.4 Å². The topological polar surface area (TPSA) is 72.5 Å². The van der Waals surface area contributed by atoms with Gasteiger partial charge >= 0.3 is 0 Å². The molecule has 1 N–H and O–H groups in total. The van der Waals surface area contributed by atoms with E-state index in [9.17, 15) is 13.2 Å². The fourth-order valence-electron chi connectivity index (χ4n) is 2.19. The number of ether oxygens (including phenoxy) is 1. The SMILES string of the molecule is Cc1cccc(OCCNC(=O)C2CCS(=O)(=O)C2)c1. The number of benzene rings is 1. The van der Waals surface area contributed by atoms with Crippen molar-refractivity contribution in [2.45, 2.75) is 13.3 Å². The second-order valence-electron chi connectivity index (χ2n) is 5.06. The second kappa shape index (κ2) is 6.26. The van der Waals surface area contributed by atoms with Gasteiger partial charge in [0.15, 0.2) is 9.84 Å². The highest BCUT2D eigenvalue weighted by atomic mass is 32.2. The van der Waals surface area contributed by atoms with Crippen molar-refractivity contribution in [1.82, 2.24) is 5.32 Å². The van der Waals surface area contributed by atoms with Crippen molar-refractivity contribution in [1.29, 1.82) is 0 Å². The van der Waals surface area contributed by atoms with Gasteiger partial charge in [0.25, 0.3) is 0 Å². The van der Waals surface area contributed by atoms with Gasteiger partial charge in [-0.25, -0.2) is 8.42 Å². The standard InChI is InChI=1S/C14H19NO4S/c1-11-3-2-4-13(9-11)19-7-6-15-14(16)12-5-8-20(17,18)10-12/h2-4,9,12H,5-8,10H2,1H3,(H,15,16). The first kappa shape index (κ1) is 14.8. The number of rotatable bonds is 5. The zero-order valence-electron chi connectivity index (χ0n) is 11.5. The maximum Gasteiger partial charge on any atom is 0.224 e. The zero-order valence-corrected chi connectivity index (χ0v) is 12.3. The van der Waals surface area contributed by atoms with Crippen LogP contribution in [-0.2, 0) is 14.6 Å². The second-order valence-corrected chi connectivity index (χ2v) is 7.28. The van der Waals surface area contributed by atoms with E-state index in [0.29, 0.717) is 19.6 Å². The first-order chi connectivity index (χ1) is 9.46. The van der Waals surface area contributed by atoms with Crippen molar-refractivity contribution < 1.29 is 17.9 Å². The lowest BCUT2D eigenvalue weighted by atomic mass is 10.1. The normalized spacial score (nSPS) is 20.6. The maximum absolute atomic E-state index is 11.8. The van der Waals surface area contributed by atoms with Crippen LogP contribution in [0.25, 0.3) is 0 Å². The van der Waals surface area contributed by atoms with Crippen molar-refractivity contribution in [3.63, 3.8) is 0 Å². The molecular weight excluding hydrogens is 278 g/mol. The summed E-state index contributed by atoms with van der Waals surface area (Å²) in [6.07, 6.45) is 0.424. The molecule has 6 heteroatoms. The monoisotopic (exact) mass is 297 g/mol. The van der Waals surface area contributed by atoms with Crippen molar-refractivity contribution in [2.75, 3.05) is 24.7 Å². The number of carbonyl (C=O) groups excluding carboxylic acids is 1. The van der Waals surface area contributed by atoms with Crippen molar-refractivity contribution in [3.8, 4) is 5.75 Å². The third-order valence-electron chi connectivity index (χ3n) is 3.26. The van der Waals surface area contributed by atoms with Crippen LogP contribution in [0.5, 0.6) is 5.75 Å². The van der Waals surface area contributed by atoms with Gasteiger partial charge in [0.1, 0.15) is 12.4 Å². The molecule has 110 valence electrons. The maximum atomic E-state index is 11.8. The average Bonchev–Trinajstić information content (AvgIpc) is 2.75. The van der Waals surface area contributed by atoms with Crippen LogP contribution in [0.15, 0.2) is 24.3 Å². The Bertz CT molecular complexity index is 583. The molecule has 1 aromatic carbocycles. The summed E-state index contributed by atoms with van der Waals surface area (Å²) in [6.45, 7) is 2.73. The predicted molar refractivity (Wildman–Crippen MR) is 76.4 cm³/mol. The largest absolute Gasteiger partial charge is 0.492 e. The summed E-state index contributed by atoms with van der Waals surface area (Å²) >= 11 is 0. The van der Waals surface area contributed by atoms with Gasteiger partial charge in [-0.3, -0.25) is 4.79 Å². The third kappa shape index (κ3) is 4.23. The Balaban J connectivity index is 1.70. The summed E-state index contributed by atoms with van der Waals surface area (Å²) in [5.41, 5.74) is 1.11. The van der Waals surface area contributed by atoms with Crippen LogP contribution in [0, 0.1) is 12.8 Å². The van der Waals surface area contributed by atoms with Crippen molar-refractivity contribution in [3.05, 3.63) is 29.8 Å². The molecule has 20 heavy (non-hydrogen) atoms. The van der Waals surface area contributed by atoms with E-state index in [1.165, 1.54) is 0 Å². The molecule has 0 bridgehead atoms. The van der Waals surface area contributed by atoms with Gasteiger partial charge in [-0.1, -0.05) is 12.1 Å². The summed E-state index contributed by atoms with van der Waals surface area (Å²) in [4.78, 5) is 11.8. The molecule has 2 rings (SSSR count). The number of aryl methyl sites for hydroxylation is 1. The summed E-state index contributed by atoms with van der Waals surface area (Å²) < 4.78 is 28.1. The predicted octanol–water partition coefficient (Wildman–Crippen LogP) is 0.925. The molecule has 0 aromatic heterocycles. The smallest absolute Gasteiger partial charge is 0.224 e. The molecular formula is C14H19NO4S. The van der Waals surface area contributed by atoms with Crippen LogP contribution >= 0.6 is 0 Å². The number of nitrogens with one attached hydrogen (secondary N) is 1. The molecule has 1 unspecified atom stereocenters. The lowest BCUT2D eigenvalue weighted by Crippen LogP contribution is -2.34. The van der Waals surface area contributed by atoms with E-state index in [4.69, 9.17) is 4.74 Å². The molecule has 1 aliphatic heterocycles. The molecule has 5 nitrogen and oxygen atoms in total. The van der Waals surface area contributed by atoms with E-state index < -0.39 is 15.8 Å². The lowest BCUT2D eigenvalue weighted by Gasteiger charge is -2.10. The molecule has 1 heterocycles. The fraction of sp³-hybridized carbons (Fsp3) is 0.500. The Morgan fingerprint density at radius 1 is 1.45 bits per heavy atom. The Morgan fingerprint density at radius 3 is 2.90 bits per heavy atom. The Kier molecular flexibility index (Phi) is 4.65. The number of hydrogen-bond donors (Lipinski definition) is 1. The minimum absolute atomic E-state index is 0.0302. The number of hydrogen-bond acceptors (Lipinski definition) is 4. The molecule has 1 aromatic rings. The molecule has 0 spiro atoms. The van der Waals surface area contributed by atoms with Crippen molar-refractivity contribution >= 4 is 15.7 Å². The Labute approximate surface area is 119 Å². The number of sulfone groups is 1. The van der Waals surface area contributed by atoms with E-state index in [0.717, 1.165) is 11.3 Å². The molecule has 0 aliphatic carbocycles. The highest BCUT2D eigenvalue weighted by molar-refractivity contribution is 7.91. The summed E-state index contributed by atoms with van der Waals surface area (Å²) in [5, 5.41) is 2.72. The fourth-order valence-corrected chi connectivity index (χ4v) is 3.94. The molecule has 1 fully saturated rings. The molecule has 1 aliphatic rings. The number of amides is 1. The zero-order chi connectivity index (χ0) is 14.6. The van der Waals surface area contributed by atoms with Crippen LogP contribution in [0.1, 0.15) is 12.0 Å². The van der Waals surface area contributed by atoms with E-state index in [1.54, 1.807) is 0 Å². The van der Waals surface area contributed by atoms with Gasteiger partial charge in [0.05, 0.1) is 24.0 Å². The molecule has 0 radical (unpaired) electrons. The van der Waals surface area contributed by atoms with Gasteiger partial charge in [-0.2, -0.15) is 0 Å². The van der Waals surface area contributed by atoms with Crippen molar-refractivity contribution in [2.24, 2.45) is 5.92 Å². The van der Waals surface area contributed by atoms with Crippen LogP contribution in [-0.4, -0.2) is 39.0 Å². The van der Waals surface area contributed by atoms with Gasteiger partial charge in [-0.05, 0) is 31.0 Å². The summed E-state index contributed by atoms with van der Waals surface area (Å²) in [6, 6.07) is 7.67. The van der Waals surface area contributed by atoms with Crippen LogP contribution in [0.3, 0.4) is 0 Å². The lowest BCUT2D eigenvalue weighted by molar-refractivity contribution is -0.124. The number of carbonyl (C=O) groups is 1. The Morgan fingerprint density at radius 2 is 2.25 bits per heavy atom. The van der Waals surface area contributed by atoms with Gasteiger partial charge in [-0.15, -0.1) is 0 Å². The summed E-state index contributed by atoms with van der Waals surface area (Å²) in [7, 11) is -3.01. The van der Waals surface area contributed by atoms with Gasteiger partial charge < -0.3 is 10.1 Å². The highest BCUT2D eigenvalue weighted by Crippen LogP contribution is 2.18. The molecule has 1 saturated heterocycles. The quantitative estimate of drug-likeness (QED) is 0.821. The van der Waals surface area contributed by atoms with Gasteiger partial charge in [0.2, 0.25) is 5.91 Å². The summed E-state index contributed by atoms with van der Waals surface area (Å²) in [5.74, 6) is 0.253. The van der Waals surface area contributed by atoms with E-state index >= 15 is 0 Å². The van der Waals surface area contributed by atoms with Crippen LogP contribution in [0.4, 0.5) is 0 Å². The van der Waals surface area contributed by atoms with E-state index in [2.05, 4.69) is 5.32 Å². The van der Waals surface area contributed by atoms with Gasteiger partial charge in [0, 0.05) is 0 Å². The average molecular weight is 297 g/mol. The third-order valence-corrected chi connectivity index (χ3v) is 5.03. The first-order valence-corrected chi connectivity index (χ1v) is 8.46. The molecule has 1 amide bonds. The minimum Gasteiger partial charge on any atom is -0.492 e. The Hall–Kier alpha value is -1.56. The minimum atomic E-state index is -3.01. The highest BCUT2D eigenvalue weighted by Gasteiger charge is 2.32. The van der Waals surface area contributed by atoms with E-state index in [1.807, 2.05) is 31.2 Å². The first-order valence-electron chi connectivity index (χ1n) is 6.64. The molecule has 0 saturated carbocycles. The van der Waals surface area contributed by atoms with Crippen LogP contribution in [0.2, 0.25) is 0 Å².